The molecule has 1 amide bonds. The maximum absolute atomic E-state index is 12.5. The fourth-order valence-corrected chi connectivity index (χ4v) is 7.94. The lowest BCUT2D eigenvalue weighted by atomic mass is 10.0. The number of hydrogen-bond donors (Lipinski definition) is 4. The van der Waals surface area contributed by atoms with Crippen LogP contribution in [0.3, 0.4) is 0 Å². The highest BCUT2D eigenvalue weighted by molar-refractivity contribution is 5.76. The quantitative estimate of drug-likeness (QED) is 0.0364. The van der Waals surface area contributed by atoms with Gasteiger partial charge in [-0.2, -0.15) is 0 Å². The third-order valence-corrected chi connectivity index (χ3v) is 11.9. The molecule has 0 heterocycles. The van der Waals surface area contributed by atoms with Crippen LogP contribution in [0, 0.1) is 0 Å². The van der Waals surface area contributed by atoms with Gasteiger partial charge in [0.25, 0.3) is 0 Å². The average molecular weight is 816 g/mol. The Balaban J connectivity index is 3.52. The number of carbonyl (C=O) groups is 1. The zero-order valence-electron chi connectivity index (χ0n) is 38.9. The van der Waals surface area contributed by atoms with Crippen LogP contribution in [0.1, 0.15) is 271 Å². The van der Waals surface area contributed by atoms with Gasteiger partial charge in [-0.05, 0) is 77.0 Å². The summed E-state index contributed by atoms with van der Waals surface area (Å²) in [6.07, 6.45) is 61.5. The van der Waals surface area contributed by atoms with Crippen molar-refractivity contribution in [3.05, 3.63) is 36.5 Å². The predicted molar refractivity (Wildman–Crippen MR) is 254 cm³/mol. The number of nitrogens with one attached hydrogen (secondary N) is 1. The molecule has 0 aliphatic rings. The van der Waals surface area contributed by atoms with Crippen molar-refractivity contribution >= 4 is 5.91 Å². The van der Waals surface area contributed by atoms with E-state index >= 15 is 0 Å². The molecule has 342 valence electrons. The minimum Gasteiger partial charge on any atom is -0.394 e. The van der Waals surface area contributed by atoms with Gasteiger partial charge in [0.1, 0.15) is 6.10 Å². The van der Waals surface area contributed by atoms with Gasteiger partial charge in [0.05, 0.1) is 18.8 Å². The molecule has 4 N–H and O–H groups in total. The molecular weight excluding hydrogens is 715 g/mol. The molecule has 0 aromatic rings. The first-order chi connectivity index (χ1) is 28.6. The molecule has 58 heavy (non-hydrogen) atoms. The van der Waals surface area contributed by atoms with Crippen LogP contribution in [0.4, 0.5) is 0 Å². The fraction of sp³-hybridized carbons (Fsp3) is 0.868. The van der Waals surface area contributed by atoms with Crippen molar-refractivity contribution in [3.63, 3.8) is 0 Å². The van der Waals surface area contributed by atoms with Gasteiger partial charge >= 0.3 is 0 Å². The van der Waals surface area contributed by atoms with E-state index in [1.165, 1.54) is 199 Å². The molecule has 0 saturated heterocycles. The van der Waals surface area contributed by atoms with Crippen molar-refractivity contribution < 1.29 is 20.1 Å². The molecule has 0 bridgehead atoms. The Kier molecular flexibility index (Phi) is 47.0. The van der Waals surface area contributed by atoms with Crippen molar-refractivity contribution in [2.45, 2.75) is 289 Å². The van der Waals surface area contributed by atoms with Gasteiger partial charge in [-0.25, -0.2) is 0 Å². The molecule has 0 radical (unpaired) electrons. The molecule has 0 saturated carbocycles. The van der Waals surface area contributed by atoms with Crippen LogP contribution in [0.25, 0.3) is 0 Å². The van der Waals surface area contributed by atoms with Gasteiger partial charge in [-0.1, -0.05) is 224 Å². The monoisotopic (exact) mass is 816 g/mol. The van der Waals surface area contributed by atoms with Gasteiger partial charge in [0.15, 0.2) is 0 Å². The maximum atomic E-state index is 12.5. The second kappa shape index (κ2) is 48.2. The lowest BCUT2D eigenvalue weighted by Gasteiger charge is -2.26. The van der Waals surface area contributed by atoms with Crippen molar-refractivity contribution in [1.29, 1.82) is 0 Å². The molecule has 0 aliphatic heterocycles. The molecular formula is C53H101NO4. The van der Waals surface area contributed by atoms with E-state index in [0.29, 0.717) is 12.8 Å². The molecule has 0 spiro atoms. The smallest absolute Gasteiger partial charge is 0.220 e. The predicted octanol–water partition coefficient (Wildman–Crippen LogP) is 15.5. The van der Waals surface area contributed by atoms with E-state index in [1.807, 2.05) is 0 Å². The summed E-state index contributed by atoms with van der Waals surface area (Å²) in [7, 11) is 0. The molecule has 0 aromatic heterocycles. The average Bonchev–Trinajstić information content (AvgIpc) is 3.23. The summed E-state index contributed by atoms with van der Waals surface area (Å²) in [5.74, 6) is -0.157. The highest BCUT2D eigenvalue weighted by Gasteiger charge is 2.26. The zero-order valence-corrected chi connectivity index (χ0v) is 38.9. The van der Waals surface area contributed by atoms with E-state index in [9.17, 15) is 20.1 Å². The van der Waals surface area contributed by atoms with Crippen LogP contribution in [-0.4, -0.2) is 46.1 Å². The zero-order chi connectivity index (χ0) is 42.3. The Morgan fingerprint density at radius 2 is 0.707 bits per heavy atom. The van der Waals surface area contributed by atoms with E-state index < -0.39 is 18.2 Å². The molecule has 3 atom stereocenters. The van der Waals surface area contributed by atoms with Crippen LogP contribution >= 0.6 is 0 Å². The molecule has 0 aliphatic carbocycles. The van der Waals surface area contributed by atoms with Crippen molar-refractivity contribution in [2.75, 3.05) is 6.61 Å². The van der Waals surface area contributed by atoms with Crippen molar-refractivity contribution in [3.8, 4) is 0 Å². The Bertz CT molecular complexity index is 901. The number of aliphatic hydroxyl groups is 3. The van der Waals surface area contributed by atoms with E-state index in [0.717, 1.165) is 44.9 Å². The summed E-state index contributed by atoms with van der Waals surface area (Å²) in [5, 5.41) is 33.5. The summed E-state index contributed by atoms with van der Waals surface area (Å²) < 4.78 is 0. The first-order valence-electron chi connectivity index (χ1n) is 25.8. The first kappa shape index (κ1) is 56.6. The SMILES string of the molecule is CCCCCC/C=C/CC/C=C/CCCC(O)C(O)C(CO)NC(=O)CCCCCCCCCCCCCCCCC/C=C\CCCCCCCCCCCCCC. The maximum Gasteiger partial charge on any atom is 0.220 e. The Hall–Kier alpha value is -1.43. The Morgan fingerprint density at radius 1 is 0.414 bits per heavy atom. The molecule has 0 fully saturated rings. The lowest BCUT2D eigenvalue weighted by molar-refractivity contribution is -0.124. The van der Waals surface area contributed by atoms with Crippen LogP contribution in [0.2, 0.25) is 0 Å². The van der Waals surface area contributed by atoms with Gasteiger partial charge in [-0.3, -0.25) is 4.79 Å². The van der Waals surface area contributed by atoms with Crippen LogP contribution in [-0.2, 0) is 4.79 Å². The summed E-state index contributed by atoms with van der Waals surface area (Å²) in [6, 6.07) is -0.831. The number of amides is 1. The van der Waals surface area contributed by atoms with Gasteiger partial charge in [0, 0.05) is 6.42 Å². The highest BCUT2D eigenvalue weighted by Crippen LogP contribution is 2.16. The Morgan fingerprint density at radius 3 is 1.07 bits per heavy atom. The highest BCUT2D eigenvalue weighted by atomic mass is 16.3. The first-order valence-corrected chi connectivity index (χ1v) is 25.8. The van der Waals surface area contributed by atoms with E-state index in [1.54, 1.807) is 0 Å². The van der Waals surface area contributed by atoms with Gasteiger partial charge in [-0.15, -0.1) is 0 Å². The second-order valence-corrected chi connectivity index (χ2v) is 17.7. The topological polar surface area (TPSA) is 89.8 Å². The number of aliphatic hydroxyl groups excluding tert-OH is 3. The normalized spacial score (nSPS) is 13.7. The second-order valence-electron chi connectivity index (χ2n) is 17.7. The summed E-state index contributed by atoms with van der Waals surface area (Å²) in [6.45, 7) is 4.15. The fourth-order valence-electron chi connectivity index (χ4n) is 7.94. The minimum absolute atomic E-state index is 0.157. The van der Waals surface area contributed by atoms with Crippen molar-refractivity contribution in [1.82, 2.24) is 5.32 Å². The molecule has 0 rings (SSSR count). The summed E-state index contributed by atoms with van der Waals surface area (Å²) in [5.41, 5.74) is 0. The lowest BCUT2D eigenvalue weighted by Crippen LogP contribution is -2.50. The summed E-state index contributed by atoms with van der Waals surface area (Å²) in [4.78, 5) is 12.5. The number of hydrogen-bond acceptors (Lipinski definition) is 4. The number of unbranched alkanes of at least 4 members (excludes halogenated alkanes) is 33. The molecule has 0 aromatic carbocycles. The summed E-state index contributed by atoms with van der Waals surface area (Å²) >= 11 is 0. The third kappa shape index (κ3) is 42.7. The van der Waals surface area contributed by atoms with E-state index in [4.69, 9.17) is 0 Å². The third-order valence-electron chi connectivity index (χ3n) is 11.9. The number of rotatable bonds is 47. The van der Waals surface area contributed by atoms with Crippen LogP contribution in [0.5, 0.6) is 0 Å². The largest absolute Gasteiger partial charge is 0.394 e. The van der Waals surface area contributed by atoms with Gasteiger partial charge in [0.2, 0.25) is 5.91 Å². The number of carbonyl (C=O) groups excluding carboxylic acids is 1. The molecule has 5 nitrogen and oxygen atoms in total. The van der Waals surface area contributed by atoms with Gasteiger partial charge < -0.3 is 20.6 Å². The molecule has 5 heteroatoms. The molecule has 3 unspecified atom stereocenters. The van der Waals surface area contributed by atoms with Crippen LogP contribution in [0.15, 0.2) is 36.5 Å². The Labute approximate surface area is 362 Å². The van der Waals surface area contributed by atoms with E-state index in [2.05, 4.69) is 55.6 Å². The van der Waals surface area contributed by atoms with E-state index in [-0.39, 0.29) is 12.5 Å². The van der Waals surface area contributed by atoms with Crippen molar-refractivity contribution in [2.24, 2.45) is 0 Å². The van der Waals surface area contributed by atoms with Crippen LogP contribution < -0.4 is 5.32 Å². The number of allylic oxidation sites excluding steroid dienone is 6. The minimum atomic E-state index is -1.17. The standard InChI is InChI=1S/C53H101NO4/c1-3-5-7-9-11-13-15-17-18-19-20-21-22-23-24-25-26-27-28-29-30-31-32-33-34-36-38-40-42-44-46-48-52(57)54-50(49-55)53(58)51(56)47-45-43-41-39-37-35-16-14-12-10-8-6-4-2/h14,16,23-24,39,41,50-51,53,55-56,58H,3-13,15,17-22,25-38,40,42-49H2,1-2H3,(H,54,57)/b16-14+,24-23-,41-39+.